The first kappa shape index (κ1) is 14.0. The van der Waals surface area contributed by atoms with Gasteiger partial charge >= 0.3 is 0 Å². The van der Waals surface area contributed by atoms with Crippen molar-refractivity contribution < 1.29 is 9.94 Å². The number of hydrogen-bond acceptors (Lipinski definition) is 4. The van der Waals surface area contributed by atoms with Crippen molar-refractivity contribution in [2.45, 2.75) is 6.61 Å². The highest BCUT2D eigenvalue weighted by molar-refractivity contribution is 7.16. The first-order valence-corrected chi connectivity index (χ1v) is 6.82. The third kappa shape index (κ3) is 3.53. The molecule has 1 aromatic heterocycles. The minimum absolute atomic E-state index is 0.00140. The lowest BCUT2D eigenvalue weighted by molar-refractivity contribution is 0.310. The summed E-state index contributed by atoms with van der Waals surface area (Å²) in [6.45, 7) is 0.389. The number of benzene rings is 1. The van der Waals surface area contributed by atoms with E-state index in [1.165, 1.54) is 11.3 Å². The molecule has 0 fully saturated rings. The molecular weight excluding hydrogens is 307 g/mol. The number of oxime groups is 1. The van der Waals surface area contributed by atoms with E-state index in [2.05, 4.69) is 5.16 Å². The van der Waals surface area contributed by atoms with E-state index in [0.29, 0.717) is 27.3 Å². The van der Waals surface area contributed by atoms with Crippen LogP contribution in [0.25, 0.3) is 0 Å². The highest BCUT2D eigenvalue weighted by Crippen LogP contribution is 2.28. The Balaban J connectivity index is 2.09. The van der Waals surface area contributed by atoms with E-state index in [1.807, 2.05) is 12.1 Å². The molecule has 0 aliphatic carbocycles. The summed E-state index contributed by atoms with van der Waals surface area (Å²) in [7, 11) is 0. The molecule has 4 nitrogen and oxygen atoms in total. The summed E-state index contributed by atoms with van der Waals surface area (Å²) in [5.41, 5.74) is 6.00. The lowest BCUT2D eigenvalue weighted by atomic mass is 10.2. The van der Waals surface area contributed by atoms with Gasteiger partial charge in [0.15, 0.2) is 5.84 Å². The summed E-state index contributed by atoms with van der Waals surface area (Å²) >= 11 is 13.3. The fraction of sp³-hybridized carbons (Fsp3) is 0.0833. The van der Waals surface area contributed by atoms with E-state index >= 15 is 0 Å². The SMILES string of the molecule is N/C(=N/O)c1ccc(OCc2ccc(Cl)s2)c(Cl)c1. The van der Waals surface area contributed by atoms with Gasteiger partial charge in [0.1, 0.15) is 12.4 Å². The van der Waals surface area contributed by atoms with Crippen LogP contribution in [0.1, 0.15) is 10.4 Å². The second kappa shape index (κ2) is 6.14. The van der Waals surface area contributed by atoms with Gasteiger partial charge in [0.05, 0.1) is 9.36 Å². The average molecular weight is 317 g/mol. The molecule has 0 spiro atoms. The molecule has 3 N–H and O–H groups in total. The van der Waals surface area contributed by atoms with Crippen molar-refractivity contribution in [2.75, 3.05) is 0 Å². The van der Waals surface area contributed by atoms with Gasteiger partial charge in [-0.2, -0.15) is 0 Å². The number of amidine groups is 1. The molecule has 0 unspecified atom stereocenters. The van der Waals surface area contributed by atoms with Crippen LogP contribution >= 0.6 is 34.5 Å². The van der Waals surface area contributed by atoms with E-state index in [4.69, 9.17) is 38.9 Å². The molecule has 0 amide bonds. The zero-order valence-electron chi connectivity index (χ0n) is 9.64. The monoisotopic (exact) mass is 316 g/mol. The molecule has 7 heteroatoms. The number of rotatable bonds is 4. The summed E-state index contributed by atoms with van der Waals surface area (Å²) in [5, 5.41) is 11.9. The van der Waals surface area contributed by atoms with Gasteiger partial charge < -0.3 is 15.7 Å². The van der Waals surface area contributed by atoms with E-state index in [0.717, 1.165) is 4.88 Å². The van der Waals surface area contributed by atoms with Gasteiger partial charge in [-0.15, -0.1) is 11.3 Å². The molecule has 0 atom stereocenters. The second-order valence-corrected chi connectivity index (χ2v) is 5.83. The number of ether oxygens (including phenoxy) is 1. The number of thiophene rings is 1. The normalized spacial score (nSPS) is 11.6. The van der Waals surface area contributed by atoms with Gasteiger partial charge in [-0.25, -0.2) is 0 Å². The third-order valence-corrected chi connectivity index (χ3v) is 3.83. The molecule has 0 saturated carbocycles. The maximum Gasteiger partial charge on any atom is 0.170 e. The van der Waals surface area contributed by atoms with Crippen molar-refractivity contribution in [3.8, 4) is 5.75 Å². The lowest BCUT2D eigenvalue weighted by Gasteiger charge is -2.08. The van der Waals surface area contributed by atoms with Crippen molar-refractivity contribution in [2.24, 2.45) is 10.9 Å². The number of halogens is 2. The van der Waals surface area contributed by atoms with E-state index in [-0.39, 0.29) is 5.84 Å². The quantitative estimate of drug-likeness (QED) is 0.391. The van der Waals surface area contributed by atoms with Crippen LogP contribution in [0.5, 0.6) is 5.75 Å². The summed E-state index contributed by atoms with van der Waals surface area (Å²) in [6.07, 6.45) is 0. The summed E-state index contributed by atoms with van der Waals surface area (Å²) in [4.78, 5) is 1.00. The fourth-order valence-electron chi connectivity index (χ4n) is 1.41. The van der Waals surface area contributed by atoms with E-state index in [1.54, 1.807) is 18.2 Å². The summed E-state index contributed by atoms with van der Waals surface area (Å²) in [5.74, 6) is 0.527. The molecule has 0 aliphatic rings. The van der Waals surface area contributed by atoms with Crippen LogP contribution in [0.15, 0.2) is 35.5 Å². The van der Waals surface area contributed by atoms with Crippen LogP contribution in [0.3, 0.4) is 0 Å². The highest BCUT2D eigenvalue weighted by atomic mass is 35.5. The molecule has 0 saturated heterocycles. The predicted molar refractivity (Wildman–Crippen MR) is 77.6 cm³/mol. The minimum Gasteiger partial charge on any atom is -0.487 e. The smallest absolute Gasteiger partial charge is 0.170 e. The van der Waals surface area contributed by atoms with Crippen molar-refractivity contribution in [1.82, 2.24) is 0 Å². The van der Waals surface area contributed by atoms with Crippen LogP contribution < -0.4 is 10.5 Å². The van der Waals surface area contributed by atoms with E-state index in [9.17, 15) is 0 Å². The molecule has 1 aromatic carbocycles. The van der Waals surface area contributed by atoms with Gasteiger partial charge in [-0.3, -0.25) is 0 Å². The second-order valence-electron chi connectivity index (χ2n) is 3.62. The highest BCUT2D eigenvalue weighted by Gasteiger charge is 2.07. The van der Waals surface area contributed by atoms with Crippen LogP contribution in [0.4, 0.5) is 0 Å². The molecule has 100 valence electrons. The Bertz CT molecular complexity index is 614. The summed E-state index contributed by atoms with van der Waals surface area (Å²) in [6, 6.07) is 8.62. The molecular formula is C12H10Cl2N2O2S. The van der Waals surface area contributed by atoms with Crippen LogP contribution in [0, 0.1) is 0 Å². The van der Waals surface area contributed by atoms with Crippen molar-refractivity contribution in [3.63, 3.8) is 0 Å². The Labute approximate surface area is 124 Å². The Kier molecular flexibility index (Phi) is 4.52. The van der Waals surface area contributed by atoms with Gasteiger partial charge in [0.2, 0.25) is 0 Å². The predicted octanol–water partition coefficient (Wildman–Crippen LogP) is 3.73. The standard InChI is InChI=1S/C12H10Cl2N2O2S/c13-9-5-7(12(15)16-17)1-3-10(9)18-6-8-2-4-11(14)19-8/h1-5,17H,6H2,(H2,15,16). The number of nitrogens with two attached hydrogens (primary N) is 1. The van der Waals surface area contributed by atoms with Gasteiger partial charge in [0, 0.05) is 10.4 Å². The van der Waals surface area contributed by atoms with Crippen molar-refractivity contribution in [1.29, 1.82) is 0 Å². The average Bonchev–Trinajstić information content (AvgIpc) is 2.82. The molecule has 2 aromatic rings. The van der Waals surface area contributed by atoms with Crippen LogP contribution in [-0.4, -0.2) is 11.0 Å². The molecule has 1 heterocycles. The Morgan fingerprint density at radius 2 is 2.11 bits per heavy atom. The Morgan fingerprint density at radius 3 is 2.68 bits per heavy atom. The van der Waals surface area contributed by atoms with Gasteiger partial charge in [-0.05, 0) is 30.3 Å². The van der Waals surface area contributed by atoms with Crippen molar-refractivity contribution in [3.05, 3.63) is 50.1 Å². The molecule has 0 aliphatic heterocycles. The van der Waals surface area contributed by atoms with Gasteiger partial charge in [-0.1, -0.05) is 28.4 Å². The van der Waals surface area contributed by atoms with Crippen LogP contribution in [0.2, 0.25) is 9.36 Å². The zero-order valence-corrected chi connectivity index (χ0v) is 12.0. The maximum atomic E-state index is 8.58. The van der Waals surface area contributed by atoms with Crippen LogP contribution in [-0.2, 0) is 6.61 Å². The first-order chi connectivity index (χ1) is 9.10. The number of nitrogens with zero attached hydrogens (tertiary/aromatic N) is 1. The Morgan fingerprint density at radius 1 is 1.32 bits per heavy atom. The topological polar surface area (TPSA) is 67.8 Å². The largest absolute Gasteiger partial charge is 0.487 e. The maximum absolute atomic E-state index is 8.58. The number of hydrogen-bond donors (Lipinski definition) is 2. The zero-order chi connectivity index (χ0) is 13.8. The van der Waals surface area contributed by atoms with Crippen molar-refractivity contribution >= 4 is 40.4 Å². The molecule has 19 heavy (non-hydrogen) atoms. The lowest BCUT2D eigenvalue weighted by Crippen LogP contribution is -2.12. The minimum atomic E-state index is -0.00140. The summed E-state index contributed by atoms with van der Waals surface area (Å²) < 4.78 is 6.30. The molecule has 0 bridgehead atoms. The fourth-order valence-corrected chi connectivity index (χ4v) is 2.65. The first-order valence-electron chi connectivity index (χ1n) is 5.24. The molecule has 0 radical (unpaired) electrons. The Hall–Kier alpha value is -1.43. The third-order valence-electron chi connectivity index (χ3n) is 2.33. The van der Waals surface area contributed by atoms with E-state index < -0.39 is 0 Å². The van der Waals surface area contributed by atoms with Gasteiger partial charge in [0.25, 0.3) is 0 Å². The molecule has 2 rings (SSSR count).